The van der Waals surface area contributed by atoms with E-state index in [1.165, 1.54) is 6.42 Å². The number of nitrogens with one attached hydrogen (secondary N) is 1. The molecule has 0 radical (unpaired) electrons. The number of likely N-dealkylation sites (N-methyl/N-ethyl adjacent to an activating group) is 1. The molecule has 3 atom stereocenters. The lowest BCUT2D eigenvalue weighted by molar-refractivity contribution is -0.139. The first-order valence-corrected chi connectivity index (χ1v) is 7.10. The van der Waals surface area contributed by atoms with Gasteiger partial charge in [-0.2, -0.15) is 0 Å². The van der Waals surface area contributed by atoms with Crippen molar-refractivity contribution in [2.24, 2.45) is 5.73 Å². The number of rotatable bonds is 3. The smallest absolute Gasteiger partial charge is 0.250 e. The third-order valence-electron chi connectivity index (χ3n) is 4.04. The van der Waals surface area contributed by atoms with Gasteiger partial charge in [-0.1, -0.05) is 19.8 Å². The van der Waals surface area contributed by atoms with Crippen molar-refractivity contribution < 1.29 is 9.53 Å². The average molecular weight is 255 g/mol. The summed E-state index contributed by atoms with van der Waals surface area (Å²) >= 11 is 0. The highest BCUT2D eigenvalue weighted by molar-refractivity contribution is 5.81. The monoisotopic (exact) mass is 255 g/mol. The largest absolute Gasteiger partial charge is 0.366 e. The van der Waals surface area contributed by atoms with Gasteiger partial charge in [0.05, 0.1) is 6.61 Å². The fourth-order valence-electron chi connectivity index (χ4n) is 2.76. The first-order chi connectivity index (χ1) is 8.70. The summed E-state index contributed by atoms with van der Waals surface area (Å²) in [5, 5.41) is 3.07. The molecule has 18 heavy (non-hydrogen) atoms. The molecule has 1 amide bonds. The van der Waals surface area contributed by atoms with Gasteiger partial charge in [0, 0.05) is 25.2 Å². The van der Waals surface area contributed by atoms with Gasteiger partial charge in [0.25, 0.3) is 5.91 Å². The number of nitrogens with zero attached hydrogens (tertiary/aromatic N) is 1. The zero-order chi connectivity index (χ0) is 13.0. The Hall–Kier alpha value is -0.650. The Labute approximate surface area is 109 Å². The zero-order valence-corrected chi connectivity index (χ0v) is 11.2. The van der Waals surface area contributed by atoms with Crippen LogP contribution in [0.3, 0.4) is 0 Å². The molecule has 0 aromatic rings. The van der Waals surface area contributed by atoms with Crippen LogP contribution in [0.2, 0.25) is 0 Å². The highest BCUT2D eigenvalue weighted by Gasteiger charge is 2.30. The fraction of sp³-hybridized carbons (Fsp3) is 0.923. The first-order valence-electron chi connectivity index (χ1n) is 7.10. The van der Waals surface area contributed by atoms with Crippen molar-refractivity contribution in [2.75, 3.05) is 26.2 Å². The van der Waals surface area contributed by atoms with Crippen LogP contribution >= 0.6 is 0 Å². The molecule has 5 nitrogen and oxygen atoms in total. The minimum Gasteiger partial charge on any atom is -0.366 e. The van der Waals surface area contributed by atoms with Crippen LogP contribution < -0.4 is 11.1 Å². The van der Waals surface area contributed by atoms with Crippen molar-refractivity contribution in [1.29, 1.82) is 0 Å². The van der Waals surface area contributed by atoms with E-state index in [9.17, 15) is 4.79 Å². The molecule has 1 heterocycles. The van der Waals surface area contributed by atoms with E-state index in [0.717, 1.165) is 32.4 Å². The van der Waals surface area contributed by atoms with Crippen LogP contribution in [0.1, 0.15) is 32.6 Å². The number of amides is 1. The highest BCUT2D eigenvalue weighted by Crippen LogP contribution is 2.17. The maximum absolute atomic E-state index is 12.2. The SMILES string of the molecule is CCN1CCOC(C(=O)N[C@@H]2CCCC[C@H]2N)C1. The fourth-order valence-corrected chi connectivity index (χ4v) is 2.76. The molecular weight excluding hydrogens is 230 g/mol. The lowest BCUT2D eigenvalue weighted by Gasteiger charge is -2.34. The number of carbonyl (C=O) groups excluding carboxylic acids is 1. The minimum absolute atomic E-state index is 0.00972. The van der Waals surface area contributed by atoms with E-state index in [1.54, 1.807) is 0 Å². The van der Waals surface area contributed by atoms with Crippen LogP contribution in [-0.2, 0) is 9.53 Å². The maximum atomic E-state index is 12.2. The second-order valence-electron chi connectivity index (χ2n) is 5.32. The molecule has 1 unspecified atom stereocenters. The van der Waals surface area contributed by atoms with Crippen LogP contribution in [0.15, 0.2) is 0 Å². The predicted molar refractivity (Wildman–Crippen MR) is 70.2 cm³/mol. The number of ether oxygens (including phenoxy) is 1. The van der Waals surface area contributed by atoms with E-state index < -0.39 is 0 Å². The first kappa shape index (κ1) is 13.8. The van der Waals surface area contributed by atoms with Gasteiger partial charge in [0.15, 0.2) is 0 Å². The van der Waals surface area contributed by atoms with Gasteiger partial charge in [0.2, 0.25) is 0 Å². The summed E-state index contributed by atoms with van der Waals surface area (Å²) in [5.74, 6) is 0.00972. The van der Waals surface area contributed by atoms with Crippen LogP contribution in [0.25, 0.3) is 0 Å². The lowest BCUT2D eigenvalue weighted by atomic mass is 9.91. The molecule has 2 rings (SSSR count). The van der Waals surface area contributed by atoms with E-state index in [2.05, 4.69) is 17.1 Å². The van der Waals surface area contributed by atoms with E-state index in [0.29, 0.717) is 13.2 Å². The number of nitrogens with two attached hydrogens (primary N) is 1. The van der Waals surface area contributed by atoms with Gasteiger partial charge in [-0.05, 0) is 19.4 Å². The zero-order valence-electron chi connectivity index (χ0n) is 11.2. The van der Waals surface area contributed by atoms with Gasteiger partial charge >= 0.3 is 0 Å². The summed E-state index contributed by atoms with van der Waals surface area (Å²) in [7, 11) is 0. The summed E-state index contributed by atoms with van der Waals surface area (Å²) < 4.78 is 5.55. The summed E-state index contributed by atoms with van der Waals surface area (Å²) in [6, 6.07) is 0.237. The highest BCUT2D eigenvalue weighted by atomic mass is 16.5. The number of carbonyl (C=O) groups is 1. The Bertz CT molecular complexity index is 285. The summed E-state index contributed by atoms with van der Waals surface area (Å²) in [6.45, 7) is 5.34. The minimum atomic E-state index is -0.326. The lowest BCUT2D eigenvalue weighted by Crippen LogP contribution is -2.55. The molecular formula is C13H25N3O2. The van der Waals surface area contributed by atoms with Crippen LogP contribution in [-0.4, -0.2) is 55.2 Å². The van der Waals surface area contributed by atoms with Crippen LogP contribution in [0, 0.1) is 0 Å². The number of hydrogen-bond acceptors (Lipinski definition) is 4. The molecule has 0 aromatic heterocycles. The normalized spacial score (nSPS) is 34.2. The molecule has 1 saturated heterocycles. The third-order valence-corrected chi connectivity index (χ3v) is 4.04. The van der Waals surface area contributed by atoms with Crippen molar-refractivity contribution in [3.63, 3.8) is 0 Å². The van der Waals surface area contributed by atoms with Crippen molar-refractivity contribution in [1.82, 2.24) is 10.2 Å². The van der Waals surface area contributed by atoms with Gasteiger partial charge < -0.3 is 15.8 Å². The molecule has 0 bridgehead atoms. The van der Waals surface area contributed by atoms with E-state index in [-0.39, 0.29) is 24.1 Å². The summed E-state index contributed by atoms with van der Waals surface area (Å²) in [5.41, 5.74) is 6.04. The third kappa shape index (κ3) is 3.43. The molecule has 1 aliphatic carbocycles. The Morgan fingerprint density at radius 3 is 2.94 bits per heavy atom. The quantitative estimate of drug-likeness (QED) is 0.750. The van der Waals surface area contributed by atoms with E-state index in [4.69, 9.17) is 10.5 Å². The van der Waals surface area contributed by atoms with Gasteiger partial charge in [-0.3, -0.25) is 9.69 Å². The number of morpholine rings is 1. The van der Waals surface area contributed by atoms with Crippen molar-refractivity contribution in [2.45, 2.75) is 50.8 Å². The Morgan fingerprint density at radius 1 is 1.44 bits per heavy atom. The Balaban J connectivity index is 1.83. The molecule has 0 aromatic carbocycles. The van der Waals surface area contributed by atoms with Gasteiger partial charge in [-0.25, -0.2) is 0 Å². The van der Waals surface area contributed by atoms with E-state index in [1.807, 2.05) is 0 Å². The average Bonchev–Trinajstić information content (AvgIpc) is 2.41. The van der Waals surface area contributed by atoms with Crippen molar-refractivity contribution in [3.05, 3.63) is 0 Å². The van der Waals surface area contributed by atoms with Crippen LogP contribution in [0.4, 0.5) is 0 Å². The van der Waals surface area contributed by atoms with Crippen molar-refractivity contribution in [3.8, 4) is 0 Å². The van der Waals surface area contributed by atoms with Crippen LogP contribution in [0.5, 0.6) is 0 Å². The second kappa shape index (κ2) is 6.50. The van der Waals surface area contributed by atoms with Gasteiger partial charge in [-0.15, -0.1) is 0 Å². The van der Waals surface area contributed by atoms with Crippen molar-refractivity contribution >= 4 is 5.91 Å². The standard InChI is InChI=1S/C13H25N3O2/c1-2-16-7-8-18-12(9-16)13(17)15-11-6-4-3-5-10(11)14/h10-12H,2-9,14H2,1H3,(H,15,17)/t10-,11-,12?/m1/s1. The molecule has 2 aliphatic rings. The van der Waals surface area contributed by atoms with Gasteiger partial charge in [0.1, 0.15) is 6.10 Å². The number of hydrogen-bond donors (Lipinski definition) is 2. The molecule has 1 saturated carbocycles. The van der Waals surface area contributed by atoms with E-state index >= 15 is 0 Å². The molecule has 3 N–H and O–H groups in total. The molecule has 5 heteroatoms. The molecule has 104 valence electrons. The predicted octanol–water partition coefficient (Wildman–Crippen LogP) is 0.0932. The molecule has 0 spiro atoms. The Morgan fingerprint density at radius 2 is 2.22 bits per heavy atom. The summed E-state index contributed by atoms with van der Waals surface area (Å²) in [6.07, 6.45) is 4.02. The molecule has 1 aliphatic heterocycles. The molecule has 2 fully saturated rings. The maximum Gasteiger partial charge on any atom is 0.250 e. The topological polar surface area (TPSA) is 67.6 Å². The summed E-state index contributed by atoms with van der Waals surface area (Å²) in [4.78, 5) is 14.4. The Kier molecular flexibility index (Phi) is 4.97. The second-order valence-corrected chi connectivity index (χ2v) is 5.32.